The summed E-state index contributed by atoms with van der Waals surface area (Å²) < 4.78 is 0. The zero-order chi connectivity index (χ0) is 26.3. The van der Waals surface area contributed by atoms with Gasteiger partial charge in [-0.25, -0.2) is 5.53 Å². The molecule has 1 atom stereocenters. The van der Waals surface area contributed by atoms with E-state index in [1.165, 1.54) is 0 Å². The second kappa shape index (κ2) is 11.9. The molecule has 36 heavy (non-hydrogen) atoms. The number of hydrazone groups is 1. The Kier molecular flexibility index (Phi) is 8.96. The molecule has 1 fully saturated rings. The highest BCUT2D eigenvalue weighted by atomic mass is 16.2. The van der Waals surface area contributed by atoms with Crippen LogP contribution in [-0.2, 0) is 11.3 Å². The molecule has 4 N–H and O–H groups in total. The minimum absolute atomic E-state index is 0.128. The van der Waals surface area contributed by atoms with Crippen molar-refractivity contribution in [3.63, 3.8) is 0 Å². The van der Waals surface area contributed by atoms with Gasteiger partial charge >= 0.3 is 0 Å². The molecule has 0 radical (unpaired) electrons. The van der Waals surface area contributed by atoms with Crippen LogP contribution in [-0.4, -0.2) is 28.7 Å². The molecule has 1 unspecified atom stereocenters. The number of nitrogens with two attached hydrogens (primary N) is 1. The SMILES string of the molecule is CC(C(=O)N(Cc1ccc(C(=O)N/C(N=N)=N/N)cc1)C1CCC(C(C)(C)C)CC1)c1ccccc1. The van der Waals surface area contributed by atoms with Crippen LogP contribution < -0.4 is 11.2 Å². The van der Waals surface area contributed by atoms with E-state index in [2.05, 4.69) is 36.3 Å². The Labute approximate surface area is 213 Å². The molecule has 1 aliphatic rings. The molecule has 0 bridgehead atoms. The maximum Gasteiger partial charge on any atom is 0.265 e. The minimum atomic E-state index is -0.451. The van der Waals surface area contributed by atoms with Crippen LogP contribution in [0.2, 0.25) is 0 Å². The number of carbonyl (C=O) groups is 2. The number of nitrogens with one attached hydrogen (secondary N) is 2. The fourth-order valence-corrected chi connectivity index (χ4v) is 4.99. The maximum atomic E-state index is 13.8. The van der Waals surface area contributed by atoms with Crippen molar-refractivity contribution in [2.75, 3.05) is 0 Å². The van der Waals surface area contributed by atoms with Gasteiger partial charge < -0.3 is 10.7 Å². The van der Waals surface area contributed by atoms with E-state index < -0.39 is 5.91 Å². The van der Waals surface area contributed by atoms with E-state index in [1.807, 2.05) is 54.3 Å². The Morgan fingerprint density at radius 1 is 1.06 bits per heavy atom. The molecule has 0 heterocycles. The average molecular weight is 491 g/mol. The normalized spacial score (nSPS) is 19.3. The lowest BCUT2D eigenvalue weighted by Gasteiger charge is -2.42. The first-order valence-corrected chi connectivity index (χ1v) is 12.5. The van der Waals surface area contributed by atoms with Crippen LogP contribution in [0.15, 0.2) is 64.8 Å². The van der Waals surface area contributed by atoms with Crippen LogP contribution in [0.5, 0.6) is 0 Å². The molecule has 8 heteroatoms. The zero-order valence-corrected chi connectivity index (χ0v) is 21.7. The molecule has 8 nitrogen and oxygen atoms in total. The second-order valence-corrected chi connectivity index (χ2v) is 10.7. The van der Waals surface area contributed by atoms with Crippen LogP contribution in [0, 0.1) is 16.9 Å². The molecule has 1 saturated carbocycles. The summed E-state index contributed by atoms with van der Waals surface area (Å²) in [5.74, 6) is 4.95. The average Bonchev–Trinajstić information content (AvgIpc) is 2.89. The van der Waals surface area contributed by atoms with Gasteiger partial charge in [0.2, 0.25) is 5.91 Å². The van der Waals surface area contributed by atoms with Gasteiger partial charge in [0.05, 0.1) is 5.92 Å². The van der Waals surface area contributed by atoms with Crippen LogP contribution in [0.25, 0.3) is 0 Å². The summed E-state index contributed by atoms with van der Waals surface area (Å²) in [6.45, 7) is 9.37. The number of carbonyl (C=O) groups excluding carboxylic acids is 2. The smallest absolute Gasteiger partial charge is 0.265 e. The van der Waals surface area contributed by atoms with E-state index in [-0.39, 0.29) is 29.2 Å². The van der Waals surface area contributed by atoms with Crippen molar-refractivity contribution < 1.29 is 9.59 Å². The first-order chi connectivity index (χ1) is 17.1. The molecule has 3 rings (SSSR count). The number of hydrogen-bond donors (Lipinski definition) is 3. The van der Waals surface area contributed by atoms with Gasteiger partial charge in [0.1, 0.15) is 0 Å². The van der Waals surface area contributed by atoms with Gasteiger partial charge in [-0.3, -0.25) is 14.9 Å². The Hall–Kier alpha value is -3.55. The standard InChI is InChI=1S/C28H38N6O2/c1-19(21-8-6-5-7-9-21)26(36)34(24-16-14-23(15-17-24)28(2,3)4)18-20-10-12-22(13-11-20)25(35)31-27(32-29)33-30/h5-13,19,23-24,29H,14-18,30H2,1-4H3,(H,31,33,35). The molecule has 0 saturated heterocycles. The Morgan fingerprint density at radius 2 is 1.67 bits per heavy atom. The predicted octanol–water partition coefficient (Wildman–Crippen LogP) is 5.41. The molecule has 0 aliphatic heterocycles. The second-order valence-electron chi connectivity index (χ2n) is 10.7. The summed E-state index contributed by atoms with van der Waals surface area (Å²) in [5, 5.41) is 8.69. The van der Waals surface area contributed by atoms with Crippen molar-refractivity contribution >= 4 is 17.8 Å². The molecular formula is C28H38N6O2. The third-order valence-corrected chi connectivity index (χ3v) is 7.34. The van der Waals surface area contributed by atoms with E-state index in [0.29, 0.717) is 18.0 Å². The van der Waals surface area contributed by atoms with E-state index >= 15 is 0 Å². The van der Waals surface area contributed by atoms with Crippen molar-refractivity contribution in [3.05, 3.63) is 71.3 Å². The monoisotopic (exact) mass is 490 g/mol. The summed E-state index contributed by atoms with van der Waals surface area (Å²) in [5.41, 5.74) is 9.60. The van der Waals surface area contributed by atoms with Gasteiger partial charge in [-0.15, -0.1) is 10.2 Å². The first-order valence-electron chi connectivity index (χ1n) is 12.5. The van der Waals surface area contributed by atoms with Crippen LogP contribution in [0.4, 0.5) is 0 Å². The molecule has 192 valence electrons. The Balaban J connectivity index is 1.79. The topological polar surface area (TPSA) is 124 Å². The lowest BCUT2D eigenvalue weighted by molar-refractivity contribution is -0.136. The fourth-order valence-electron chi connectivity index (χ4n) is 4.99. The van der Waals surface area contributed by atoms with Gasteiger partial charge in [-0.05, 0) is 67.2 Å². The molecule has 0 spiro atoms. The summed E-state index contributed by atoms with van der Waals surface area (Å²) in [4.78, 5) is 28.2. The fraction of sp³-hybridized carbons (Fsp3) is 0.464. The molecule has 2 amide bonds. The van der Waals surface area contributed by atoms with E-state index in [0.717, 1.165) is 36.8 Å². The van der Waals surface area contributed by atoms with E-state index in [1.54, 1.807) is 12.1 Å². The molecule has 2 aromatic rings. The van der Waals surface area contributed by atoms with Gasteiger partial charge in [0.15, 0.2) is 0 Å². The van der Waals surface area contributed by atoms with Gasteiger partial charge in [0, 0.05) is 18.2 Å². The van der Waals surface area contributed by atoms with Gasteiger partial charge in [-0.1, -0.05) is 63.2 Å². The number of rotatable bonds is 6. The quantitative estimate of drug-likeness (QED) is 0.165. The maximum absolute atomic E-state index is 13.8. The summed E-state index contributed by atoms with van der Waals surface area (Å²) in [7, 11) is 0. The van der Waals surface area contributed by atoms with Crippen molar-refractivity contribution in [1.29, 1.82) is 5.53 Å². The third-order valence-electron chi connectivity index (χ3n) is 7.34. The Morgan fingerprint density at radius 3 is 2.19 bits per heavy atom. The van der Waals surface area contributed by atoms with Gasteiger partial charge in [0.25, 0.3) is 11.9 Å². The number of amides is 2. The third kappa shape index (κ3) is 6.77. The number of hydrogen-bond acceptors (Lipinski definition) is 5. The van der Waals surface area contributed by atoms with Crippen LogP contribution >= 0.6 is 0 Å². The van der Waals surface area contributed by atoms with Crippen molar-refractivity contribution in [1.82, 2.24) is 10.2 Å². The highest BCUT2D eigenvalue weighted by Crippen LogP contribution is 2.39. The summed E-state index contributed by atoms with van der Waals surface area (Å²) in [6.07, 6.45) is 4.21. The van der Waals surface area contributed by atoms with E-state index in [4.69, 9.17) is 11.4 Å². The first kappa shape index (κ1) is 27.0. The lowest BCUT2D eigenvalue weighted by Crippen LogP contribution is -2.44. The highest BCUT2D eigenvalue weighted by Gasteiger charge is 2.35. The largest absolute Gasteiger partial charge is 0.335 e. The van der Waals surface area contributed by atoms with Crippen molar-refractivity contribution in [2.24, 2.45) is 27.4 Å². The molecule has 1 aliphatic carbocycles. The van der Waals surface area contributed by atoms with Crippen LogP contribution in [0.1, 0.15) is 80.8 Å². The molecule has 2 aromatic carbocycles. The van der Waals surface area contributed by atoms with E-state index in [9.17, 15) is 9.59 Å². The van der Waals surface area contributed by atoms with Crippen LogP contribution in [0.3, 0.4) is 0 Å². The number of guanidine groups is 1. The summed E-state index contributed by atoms with van der Waals surface area (Å²) in [6, 6.07) is 17.2. The van der Waals surface area contributed by atoms with Gasteiger partial charge in [-0.2, -0.15) is 0 Å². The predicted molar refractivity (Wildman–Crippen MR) is 141 cm³/mol. The lowest BCUT2D eigenvalue weighted by atomic mass is 9.71. The Bertz CT molecular complexity index is 1070. The van der Waals surface area contributed by atoms with Crippen molar-refractivity contribution in [2.45, 2.75) is 71.9 Å². The number of nitrogens with zero attached hydrogens (tertiary/aromatic N) is 3. The minimum Gasteiger partial charge on any atom is -0.335 e. The zero-order valence-electron chi connectivity index (χ0n) is 21.7. The van der Waals surface area contributed by atoms with Crippen molar-refractivity contribution in [3.8, 4) is 0 Å². The highest BCUT2D eigenvalue weighted by molar-refractivity contribution is 6.05. The summed E-state index contributed by atoms with van der Waals surface area (Å²) >= 11 is 0. The number of benzene rings is 2. The molecular weight excluding hydrogens is 452 g/mol. The molecule has 0 aromatic heterocycles.